The predicted octanol–water partition coefficient (Wildman–Crippen LogP) is 3.24. The van der Waals surface area contributed by atoms with Gasteiger partial charge in [0, 0.05) is 46.8 Å². The fourth-order valence-electron chi connectivity index (χ4n) is 5.13. The first kappa shape index (κ1) is 21.4. The molecular formula is C25H31N3O3. The zero-order valence-corrected chi connectivity index (χ0v) is 18.4. The van der Waals surface area contributed by atoms with Crippen molar-refractivity contribution in [1.82, 2.24) is 14.7 Å². The van der Waals surface area contributed by atoms with Crippen molar-refractivity contribution in [2.45, 2.75) is 19.6 Å². The number of benzene rings is 2. The Morgan fingerprint density at radius 2 is 1.61 bits per heavy atom. The molecular weight excluding hydrogens is 390 g/mol. The summed E-state index contributed by atoms with van der Waals surface area (Å²) in [5, 5.41) is 0. The molecule has 2 aromatic carbocycles. The number of amides is 2. The third kappa shape index (κ3) is 4.90. The molecule has 2 aliphatic heterocycles. The number of nitrogens with zero attached hydrogens (tertiary/aromatic N) is 3. The zero-order valence-electron chi connectivity index (χ0n) is 18.4. The molecule has 0 spiro atoms. The molecule has 2 aromatic rings. The van der Waals surface area contributed by atoms with Crippen molar-refractivity contribution in [3.63, 3.8) is 0 Å². The van der Waals surface area contributed by atoms with Gasteiger partial charge < -0.3 is 14.5 Å². The van der Waals surface area contributed by atoms with Crippen molar-refractivity contribution >= 4 is 12.0 Å². The van der Waals surface area contributed by atoms with Gasteiger partial charge in [-0.3, -0.25) is 9.69 Å². The minimum absolute atomic E-state index is 0.0934. The van der Waals surface area contributed by atoms with Crippen LogP contribution in [0.1, 0.15) is 17.5 Å². The maximum atomic E-state index is 13.3. The number of ether oxygens (including phenoxy) is 1. The maximum Gasteiger partial charge on any atom is 0.410 e. The Labute approximate surface area is 184 Å². The fourth-order valence-corrected chi connectivity index (χ4v) is 5.13. The molecule has 2 amide bonds. The van der Waals surface area contributed by atoms with E-state index in [-0.39, 0.29) is 24.5 Å². The van der Waals surface area contributed by atoms with Gasteiger partial charge in [-0.15, -0.1) is 0 Å². The van der Waals surface area contributed by atoms with Crippen molar-refractivity contribution in [2.24, 2.45) is 11.3 Å². The minimum Gasteiger partial charge on any atom is -0.445 e. The average molecular weight is 422 g/mol. The summed E-state index contributed by atoms with van der Waals surface area (Å²) in [6.07, 6.45) is 0.485. The summed E-state index contributed by atoms with van der Waals surface area (Å²) in [6.45, 7) is 3.62. The van der Waals surface area contributed by atoms with Crippen LogP contribution < -0.4 is 0 Å². The molecule has 2 saturated heterocycles. The van der Waals surface area contributed by atoms with Crippen LogP contribution in [0.3, 0.4) is 0 Å². The summed E-state index contributed by atoms with van der Waals surface area (Å²) < 4.78 is 5.59. The van der Waals surface area contributed by atoms with Gasteiger partial charge >= 0.3 is 6.09 Å². The van der Waals surface area contributed by atoms with Gasteiger partial charge in [-0.05, 0) is 23.5 Å². The van der Waals surface area contributed by atoms with Crippen LogP contribution in [-0.4, -0.2) is 67.0 Å². The van der Waals surface area contributed by atoms with Crippen LogP contribution in [0, 0.1) is 11.3 Å². The lowest BCUT2D eigenvalue weighted by Crippen LogP contribution is -2.64. The van der Waals surface area contributed by atoms with Gasteiger partial charge in [0.15, 0.2) is 0 Å². The van der Waals surface area contributed by atoms with Crippen LogP contribution >= 0.6 is 0 Å². The lowest BCUT2D eigenvalue weighted by Gasteiger charge is -2.52. The quantitative estimate of drug-likeness (QED) is 0.744. The van der Waals surface area contributed by atoms with Gasteiger partial charge in [0.1, 0.15) is 6.61 Å². The summed E-state index contributed by atoms with van der Waals surface area (Å²) in [5.74, 6) is 0.343. The van der Waals surface area contributed by atoms with E-state index >= 15 is 0 Å². The number of carbonyl (C=O) groups is 2. The highest BCUT2D eigenvalue weighted by Gasteiger charge is 2.51. The topological polar surface area (TPSA) is 53.1 Å². The molecule has 0 N–H and O–H groups in total. The molecule has 0 saturated carbocycles. The van der Waals surface area contributed by atoms with E-state index in [0.29, 0.717) is 19.6 Å². The van der Waals surface area contributed by atoms with Crippen molar-refractivity contribution in [3.05, 3.63) is 71.8 Å². The predicted molar refractivity (Wildman–Crippen MR) is 119 cm³/mol. The summed E-state index contributed by atoms with van der Waals surface area (Å²) in [6, 6.07) is 20.0. The first-order valence-corrected chi connectivity index (χ1v) is 10.9. The molecule has 164 valence electrons. The minimum atomic E-state index is -0.592. The lowest BCUT2D eigenvalue weighted by molar-refractivity contribution is -0.150. The fraction of sp³-hybridized carbons (Fsp3) is 0.440. The van der Waals surface area contributed by atoms with Gasteiger partial charge in [0.25, 0.3) is 0 Å². The van der Waals surface area contributed by atoms with E-state index in [1.807, 2.05) is 48.5 Å². The maximum absolute atomic E-state index is 13.3. The molecule has 4 rings (SSSR count). The molecule has 31 heavy (non-hydrogen) atoms. The molecule has 2 fully saturated rings. The first-order valence-electron chi connectivity index (χ1n) is 10.9. The van der Waals surface area contributed by atoms with Crippen LogP contribution in [0.25, 0.3) is 0 Å². The number of hydrogen-bond acceptors (Lipinski definition) is 4. The molecule has 2 atom stereocenters. The summed E-state index contributed by atoms with van der Waals surface area (Å²) >= 11 is 0. The van der Waals surface area contributed by atoms with E-state index in [1.165, 1.54) is 5.56 Å². The SMILES string of the molecule is CN(C)C(=O)C12CC(CN(Cc3ccccc3)C1)CN(C(=O)OCc1ccccc1)C2. The molecule has 2 aliphatic rings. The lowest BCUT2D eigenvalue weighted by atomic mass is 9.71. The molecule has 6 nitrogen and oxygen atoms in total. The summed E-state index contributed by atoms with van der Waals surface area (Å²) in [7, 11) is 3.60. The molecule has 6 heteroatoms. The van der Waals surface area contributed by atoms with Gasteiger partial charge in [-0.1, -0.05) is 60.7 Å². The van der Waals surface area contributed by atoms with E-state index in [0.717, 1.165) is 25.1 Å². The van der Waals surface area contributed by atoms with Crippen molar-refractivity contribution < 1.29 is 14.3 Å². The summed E-state index contributed by atoms with van der Waals surface area (Å²) in [4.78, 5) is 32.0. The Morgan fingerprint density at radius 1 is 0.968 bits per heavy atom. The Hall–Kier alpha value is -2.86. The van der Waals surface area contributed by atoms with Crippen LogP contribution in [0.5, 0.6) is 0 Å². The average Bonchev–Trinajstić information content (AvgIpc) is 2.77. The highest BCUT2D eigenvalue weighted by Crippen LogP contribution is 2.40. The third-order valence-electron chi connectivity index (χ3n) is 6.27. The highest BCUT2D eigenvalue weighted by atomic mass is 16.6. The number of likely N-dealkylation sites (tertiary alicyclic amines) is 2. The second kappa shape index (κ2) is 9.10. The smallest absolute Gasteiger partial charge is 0.410 e. The zero-order chi connectivity index (χ0) is 21.8. The number of fused-ring (bicyclic) bond motifs is 2. The van der Waals surface area contributed by atoms with Gasteiger partial charge in [-0.2, -0.15) is 0 Å². The molecule has 0 radical (unpaired) electrons. The summed E-state index contributed by atoms with van der Waals surface area (Å²) in [5.41, 5.74) is 1.61. The van der Waals surface area contributed by atoms with Crippen LogP contribution in [-0.2, 0) is 22.7 Å². The molecule has 0 aliphatic carbocycles. The van der Waals surface area contributed by atoms with Gasteiger partial charge in [-0.25, -0.2) is 4.79 Å². The monoisotopic (exact) mass is 421 g/mol. The van der Waals surface area contributed by atoms with Crippen LogP contribution in [0.15, 0.2) is 60.7 Å². The Balaban J connectivity index is 1.48. The van der Waals surface area contributed by atoms with Crippen LogP contribution in [0.4, 0.5) is 4.79 Å². The largest absolute Gasteiger partial charge is 0.445 e. The van der Waals surface area contributed by atoms with E-state index < -0.39 is 5.41 Å². The molecule has 2 bridgehead atoms. The Bertz CT molecular complexity index is 903. The number of rotatable bonds is 5. The number of hydrogen-bond donors (Lipinski definition) is 0. The Morgan fingerprint density at radius 3 is 2.26 bits per heavy atom. The second-order valence-corrected chi connectivity index (χ2v) is 9.13. The van der Waals surface area contributed by atoms with Gasteiger partial charge in [0.05, 0.1) is 5.41 Å². The van der Waals surface area contributed by atoms with Crippen molar-refractivity contribution in [2.75, 3.05) is 40.3 Å². The molecule has 2 heterocycles. The highest BCUT2D eigenvalue weighted by molar-refractivity contribution is 5.84. The van der Waals surface area contributed by atoms with Gasteiger partial charge in [0.2, 0.25) is 5.91 Å². The first-order chi connectivity index (χ1) is 14.9. The standard InChI is InChI=1S/C25H31N3O3/c1-26(2)23(29)25-13-22(15-27(18-25)14-20-9-5-3-6-10-20)16-28(19-25)24(30)31-17-21-11-7-4-8-12-21/h3-12,22H,13-19H2,1-2H3. The van der Waals surface area contributed by atoms with E-state index in [1.54, 1.807) is 23.9 Å². The number of piperidine rings is 2. The van der Waals surface area contributed by atoms with Crippen molar-refractivity contribution in [3.8, 4) is 0 Å². The van der Waals surface area contributed by atoms with Crippen LogP contribution in [0.2, 0.25) is 0 Å². The van der Waals surface area contributed by atoms with E-state index in [9.17, 15) is 9.59 Å². The second-order valence-electron chi connectivity index (χ2n) is 9.13. The normalized spacial score (nSPS) is 23.3. The third-order valence-corrected chi connectivity index (χ3v) is 6.27. The Kier molecular flexibility index (Phi) is 6.28. The molecule has 0 aromatic heterocycles. The molecule has 2 unspecified atom stereocenters. The number of carbonyl (C=O) groups excluding carboxylic acids is 2. The van der Waals surface area contributed by atoms with E-state index in [4.69, 9.17) is 4.74 Å². The van der Waals surface area contributed by atoms with E-state index in [2.05, 4.69) is 17.0 Å². The van der Waals surface area contributed by atoms with Crippen molar-refractivity contribution in [1.29, 1.82) is 0 Å².